The zero-order valence-corrected chi connectivity index (χ0v) is 17.3. The molecule has 0 unspecified atom stereocenters. The maximum Gasteiger partial charge on any atom is 0.320 e. The van der Waals surface area contributed by atoms with Gasteiger partial charge in [-0.15, -0.1) is 0 Å². The van der Waals surface area contributed by atoms with Gasteiger partial charge in [0.15, 0.2) is 0 Å². The van der Waals surface area contributed by atoms with Crippen molar-refractivity contribution in [3.63, 3.8) is 0 Å². The van der Waals surface area contributed by atoms with E-state index in [0.29, 0.717) is 24.5 Å². The maximum atomic E-state index is 12.7. The van der Waals surface area contributed by atoms with E-state index < -0.39 is 0 Å². The molecule has 3 fully saturated rings. The van der Waals surface area contributed by atoms with E-state index in [1.54, 1.807) is 24.3 Å². The predicted octanol–water partition coefficient (Wildman–Crippen LogP) is 2.67. The van der Waals surface area contributed by atoms with Crippen molar-refractivity contribution in [2.75, 3.05) is 43.4 Å². The van der Waals surface area contributed by atoms with Crippen molar-refractivity contribution in [2.45, 2.75) is 44.6 Å². The van der Waals surface area contributed by atoms with E-state index in [0.717, 1.165) is 58.2 Å². The fourth-order valence-corrected chi connectivity index (χ4v) is 4.36. The van der Waals surface area contributed by atoms with Gasteiger partial charge in [0.25, 0.3) is 5.91 Å². The fraction of sp³-hybridized carbons (Fsp3) is 0.591. The molecular formula is C22H30N4O4. The van der Waals surface area contributed by atoms with Gasteiger partial charge in [-0.3, -0.25) is 9.59 Å². The molecule has 4 amide bonds. The number of ether oxygens (including phenoxy) is 1. The number of anilines is 2. The van der Waals surface area contributed by atoms with E-state index in [1.165, 1.54) is 0 Å². The Morgan fingerprint density at radius 2 is 1.43 bits per heavy atom. The molecule has 3 aliphatic heterocycles. The summed E-state index contributed by atoms with van der Waals surface area (Å²) in [6, 6.07) is 7.16. The number of carbonyl (C=O) groups is 3. The summed E-state index contributed by atoms with van der Waals surface area (Å²) in [6.07, 6.45) is 5.03. The van der Waals surface area contributed by atoms with E-state index in [-0.39, 0.29) is 29.9 Å². The SMILES string of the molecule is O=C(Nc1ccc(NC(=O)[C@@H]2CCCO2)cc1)[C@@H]1CCCN(C(=O)N2CCCC2)C1. The molecule has 2 atom stereocenters. The summed E-state index contributed by atoms with van der Waals surface area (Å²) < 4.78 is 5.39. The largest absolute Gasteiger partial charge is 0.368 e. The van der Waals surface area contributed by atoms with Crippen LogP contribution in [-0.2, 0) is 14.3 Å². The first-order valence-corrected chi connectivity index (χ1v) is 11.0. The van der Waals surface area contributed by atoms with Crippen LogP contribution in [0.5, 0.6) is 0 Å². The van der Waals surface area contributed by atoms with Gasteiger partial charge >= 0.3 is 6.03 Å². The molecule has 0 aromatic heterocycles. The van der Waals surface area contributed by atoms with Crippen molar-refractivity contribution in [1.29, 1.82) is 0 Å². The van der Waals surface area contributed by atoms with Crippen LogP contribution in [-0.4, -0.2) is 66.5 Å². The Hall–Kier alpha value is -2.61. The monoisotopic (exact) mass is 414 g/mol. The summed E-state index contributed by atoms with van der Waals surface area (Å²) in [6.45, 7) is 3.46. The Labute approximate surface area is 176 Å². The topological polar surface area (TPSA) is 91.0 Å². The summed E-state index contributed by atoms with van der Waals surface area (Å²) in [5.41, 5.74) is 1.35. The minimum absolute atomic E-state index is 0.0648. The van der Waals surface area contributed by atoms with Crippen molar-refractivity contribution in [2.24, 2.45) is 5.92 Å². The highest BCUT2D eigenvalue weighted by Gasteiger charge is 2.31. The van der Waals surface area contributed by atoms with Crippen LogP contribution < -0.4 is 10.6 Å². The Kier molecular flexibility index (Phi) is 6.52. The van der Waals surface area contributed by atoms with Gasteiger partial charge < -0.3 is 25.2 Å². The molecule has 0 saturated carbocycles. The number of amides is 4. The molecule has 30 heavy (non-hydrogen) atoms. The lowest BCUT2D eigenvalue weighted by Crippen LogP contribution is -2.48. The highest BCUT2D eigenvalue weighted by molar-refractivity contribution is 5.95. The lowest BCUT2D eigenvalue weighted by Gasteiger charge is -2.34. The number of hydrogen-bond donors (Lipinski definition) is 2. The molecule has 8 nitrogen and oxygen atoms in total. The second-order valence-corrected chi connectivity index (χ2v) is 8.32. The lowest BCUT2D eigenvalue weighted by atomic mass is 9.97. The Balaban J connectivity index is 1.28. The highest BCUT2D eigenvalue weighted by atomic mass is 16.5. The van der Waals surface area contributed by atoms with Gasteiger partial charge in [0, 0.05) is 44.2 Å². The number of carbonyl (C=O) groups excluding carboxylic acids is 3. The molecule has 1 aromatic rings. The molecule has 8 heteroatoms. The van der Waals surface area contributed by atoms with Crippen molar-refractivity contribution >= 4 is 29.2 Å². The number of rotatable bonds is 4. The van der Waals surface area contributed by atoms with Crippen LogP contribution in [0.1, 0.15) is 38.5 Å². The molecule has 0 radical (unpaired) electrons. The minimum atomic E-state index is -0.373. The number of urea groups is 1. The van der Waals surface area contributed by atoms with Gasteiger partial charge in [-0.05, 0) is 62.8 Å². The van der Waals surface area contributed by atoms with Gasteiger partial charge in [-0.2, -0.15) is 0 Å². The summed E-state index contributed by atoms with van der Waals surface area (Å²) in [4.78, 5) is 41.2. The van der Waals surface area contributed by atoms with Gasteiger partial charge in [-0.25, -0.2) is 4.79 Å². The highest BCUT2D eigenvalue weighted by Crippen LogP contribution is 2.22. The van der Waals surface area contributed by atoms with E-state index in [2.05, 4.69) is 10.6 Å². The van der Waals surface area contributed by atoms with E-state index >= 15 is 0 Å². The zero-order chi connectivity index (χ0) is 20.9. The van der Waals surface area contributed by atoms with Crippen molar-refractivity contribution in [1.82, 2.24) is 9.80 Å². The van der Waals surface area contributed by atoms with Crippen LogP contribution in [0, 0.1) is 5.92 Å². The minimum Gasteiger partial charge on any atom is -0.368 e. The third-order valence-electron chi connectivity index (χ3n) is 6.08. The molecule has 0 aliphatic carbocycles. The molecule has 4 rings (SSSR count). The van der Waals surface area contributed by atoms with Crippen LogP contribution >= 0.6 is 0 Å². The molecule has 0 spiro atoms. The van der Waals surface area contributed by atoms with Gasteiger partial charge in [0.2, 0.25) is 5.91 Å². The molecule has 162 valence electrons. The third-order valence-corrected chi connectivity index (χ3v) is 6.08. The molecule has 3 saturated heterocycles. The second-order valence-electron chi connectivity index (χ2n) is 8.32. The molecule has 3 aliphatic rings. The zero-order valence-electron chi connectivity index (χ0n) is 17.3. The number of nitrogens with zero attached hydrogens (tertiary/aromatic N) is 2. The second kappa shape index (κ2) is 9.47. The Morgan fingerprint density at radius 3 is 2.07 bits per heavy atom. The van der Waals surface area contributed by atoms with Crippen LogP contribution in [0.15, 0.2) is 24.3 Å². The standard InChI is InChI=1S/C22H30N4O4/c27-20(16-5-3-13-26(15-16)22(29)25-11-1-2-12-25)23-17-7-9-18(10-8-17)24-21(28)19-6-4-14-30-19/h7-10,16,19H,1-6,11-15H2,(H,23,27)(H,24,28)/t16-,19+/m1/s1. The van der Waals surface area contributed by atoms with Crippen molar-refractivity contribution in [3.05, 3.63) is 24.3 Å². The fourth-order valence-electron chi connectivity index (χ4n) is 4.36. The summed E-state index contributed by atoms with van der Waals surface area (Å²) in [5.74, 6) is -0.400. The van der Waals surface area contributed by atoms with Crippen LogP contribution in [0.25, 0.3) is 0 Å². The number of piperidine rings is 1. The first kappa shape index (κ1) is 20.7. The molecule has 2 N–H and O–H groups in total. The average molecular weight is 415 g/mol. The first-order chi connectivity index (χ1) is 14.6. The molecule has 1 aromatic carbocycles. The van der Waals surface area contributed by atoms with Gasteiger partial charge in [0.05, 0.1) is 5.92 Å². The van der Waals surface area contributed by atoms with E-state index in [9.17, 15) is 14.4 Å². The molecule has 0 bridgehead atoms. The number of likely N-dealkylation sites (tertiary alicyclic amines) is 2. The molecular weight excluding hydrogens is 384 g/mol. The van der Waals surface area contributed by atoms with Crippen LogP contribution in [0.3, 0.4) is 0 Å². The van der Waals surface area contributed by atoms with Gasteiger partial charge in [0.1, 0.15) is 6.10 Å². The normalized spacial score (nSPS) is 24.0. The third kappa shape index (κ3) is 4.92. The lowest BCUT2D eigenvalue weighted by molar-refractivity contribution is -0.124. The summed E-state index contributed by atoms with van der Waals surface area (Å²) in [7, 11) is 0. The van der Waals surface area contributed by atoms with Crippen LogP contribution in [0.2, 0.25) is 0 Å². The van der Waals surface area contributed by atoms with Gasteiger partial charge in [-0.1, -0.05) is 0 Å². The Bertz CT molecular complexity index is 770. The first-order valence-electron chi connectivity index (χ1n) is 11.0. The maximum absolute atomic E-state index is 12.7. The Morgan fingerprint density at radius 1 is 0.800 bits per heavy atom. The number of benzene rings is 1. The average Bonchev–Trinajstić information content (AvgIpc) is 3.49. The van der Waals surface area contributed by atoms with Crippen molar-refractivity contribution < 1.29 is 19.1 Å². The predicted molar refractivity (Wildman–Crippen MR) is 113 cm³/mol. The molecule has 3 heterocycles. The van der Waals surface area contributed by atoms with Crippen LogP contribution in [0.4, 0.5) is 16.2 Å². The smallest absolute Gasteiger partial charge is 0.320 e. The summed E-state index contributed by atoms with van der Waals surface area (Å²) in [5, 5.41) is 5.80. The van der Waals surface area contributed by atoms with Crippen molar-refractivity contribution in [3.8, 4) is 0 Å². The summed E-state index contributed by atoms with van der Waals surface area (Å²) >= 11 is 0. The quantitative estimate of drug-likeness (QED) is 0.793. The van der Waals surface area contributed by atoms with E-state index in [4.69, 9.17) is 4.74 Å². The number of hydrogen-bond acceptors (Lipinski definition) is 4. The number of nitrogens with one attached hydrogen (secondary N) is 2. The van der Waals surface area contributed by atoms with E-state index in [1.807, 2.05) is 9.80 Å².